The van der Waals surface area contributed by atoms with Gasteiger partial charge in [-0.2, -0.15) is 5.10 Å². The molecule has 0 aliphatic heterocycles. The standard InChI is InChI=1S/C14H18N4O/c1-3-14(19)17-13-6-4-12(5-7-13)15-8-11-9-16-18-10(11)2/h4-7,9,15H,3,8H2,1-2H3,(H,16,18)(H,17,19). The summed E-state index contributed by atoms with van der Waals surface area (Å²) >= 11 is 0. The van der Waals surface area contributed by atoms with Crippen LogP contribution in [0.2, 0.25) is 0 Å². The lowest BCUT2D eigenvalue weighted by atomic mass is 10.2. The number of benzene rings is 1. The van der Waals surface area contributed by atoms with E-state index in [4.69, 9.17) is 0 Å². The number of amides is 1. The van der Waals surface area contributed by atoms with Gasteiger partial charge in [0.2, 0.25) is 5.91 Å². The summed E-state index contributed by atoms with van der Waals surface area (Å²) in [5, 5.41) is 13.0. The van der Waals surface area contributed by atoms with E-state index >= 15 is 0 Å². The van der Waals surface area contributed by atoms with Gasteiger partial charge in [-0.3, -0.25) is 9.89 Å². The number of carbonyl (C=O) groups excluding carboxylic acids is 1. The van der Waals surface area contributed by atoms with Crippen molar-refractivity contribution in [1.82, 2.24) is 10.2 Å². The van der Waals surface area contributed by atoms with Crippen molar-refractivity contribution in [1.29, 1.82) is 0 Å². The van der Waals surface area contributed by atoms with Crippen LogP contribution < -0.4 is 10.6 Å². The molecule has 1 amide bonds. The van der Waals surface area contributed by atoms with Crippen LogP contribution in [-0.2, 0) is 11.3 Å². The van der Waals surface area contributed by atoms with Crippen molar-refractivity contribution in [2.24, 2.45) is 0 Å². The topological polar surface area (TPSA) is 69.8 Å². The normalized spacial score (nSPS) is 10.2. The third kappa shape index (κ3) is 3.58. The fourth-order valence-corrected chi connectivity index (χ4v) is 1.67. The van der Waals surface area contributed by atoms with E-state index in [1.807, 2.05) is 44.3 Å². The lowest BCUT2D eigenvalue weighted by Crippen LogP contribution is -2.09. The molecule has 0 saturated carbocycles. The Balaban J connectivity index is 1.92. The van der Waals surface area contributed by atoms with Crippen LogP contribution >= 0.6 is 0 Å². The van der Waals surface area contributed by atoms with Crippen molar-refractivity contribution in [2.45, 2.75) is 26.8 Å². The lowest BCUT2D eigenvalue weighted by molar-refractivity contribution is -0.115. The molecule has 0 spiro atoms. The highest BCUT2D eigenvalue weighted by atomic mass is 16.1. The van der Waals surface area contributed by atoms with Crippen LogP contribution in [0, 0.1) is 6.92 Å². The second-order valence-corrected chi connectivity index (χ2v) is 4.35. The van der Waals surface area contributed by atoms with Crippen LogP contribution in [0.25, 0.3) is 0 Å². The molecule has 0 atom stereocenters. The van der Waals surface area contributed by atoms with E-state index in [0.717, 1.165) is 29.2 Å². The molecular weight excluding hydrogens is 240 g/mol. The molecule has 5 heteroatoms. The minimum Gasteiger partial charge on any atom is -0.381 e. The van der Waals surface area contributed by atoms with E-state index in [1.165, 1.54) is 0 Å². The molecule has 0 saturated heterocycles. The molecule has 0 bridgehead atoms. The van der Waals surface area contributed by atoms with Crippen LogP contribution in [0.4, 0.5) is 11.4 Å². The highest BCUT2D eigenvalue weighted by molar-refractivity contribution is 5.90. The first-order valence-corrected chi connectivity index (χ1v) is 6.31. The Hall–Kier alpha value is -2.30. The van der Waals surface area contributed by atoms with Crippen LogP contribution in [-0.4, -0.2) is 16.1 Å². The van der Waals surface area contributed by atoms with Gasteiger partial charge in [-0.1, -0.05) is 6.92 Å². The third-order valence-corrected chi connectivity index (χ3v) is 2.91. The van der Waals surface area contributed by atoms with Crippen LogP contribution in [0.3, 0.4) is 0 Å². The molecule has 1 aromatic heterocycles. The number of hydrogen-bond donors (Lipinski definition) is 3. The van der Waals surface area contributed by atoms with Crippen LogP contribution in [0.15, 0.2) is 30.5 Å². The van der Waals surface area contributed by atoms with Gasteiger partial charge in [0.1, 0.15) is 0 Å². The number of H-pyrrole nitrogens is 1. The fraction of sp³-hybridized carbons (Fsp3) is 0.286. The van der Waals surface area contributed by atoms with Gasteiger partial charge in [-0.05, 0) is 31.2 Å². The highest BCUT2D eigenvalue weighted by Crippen LogP contribution is 2.15. The first kappa shape index (κ1) is 13.1. The van der Waals surface area contributed by atoms with Gasteiger partial charge >= 0.3 is 0 Å². The Morgan fingerprint density at radius 2 is 1.95 bits per heavy atom. The first-order chi connectivity index (χ1) is 9.19. The second kappa shape index (κ2) is 6.04. The molecule has 1 aromatic carbocycles. The molecule has 0 aliphatic carbocycles. The summed E-state index contributed by atoms with van der Waals surface area (Å²) in [4.78, 5) is 11.2. The summed E-state index contributed by atoms with van der Waals surface area (Å²) in [7, 11) is 0. The van der Waals surface area contributed by atoms with Crippen LogP contribution in [0.1, 0.15) is 24.6 Å². The predicted molar refractivity (Wildman–Crippen MR) is 76.0 cm³/mol. The molecule has 2 rings (SSSR count). The molecule has 19 heavy (non-hydrogen) atoms. The van der Waals surface area contributed by atoms with Gasteiger partial charge in [0.15, 0.2) is 0 Å². The van der Waals surface area contributed by atoms with Gasteiger partial charge in [-0.25, -0.2) is 0 Å². The molecular formula is C14H18N4O. The molecule has 0 fully saturated rings. The van der Waals surface area contributed by atoms with E-state index in [9.17, 15) is 4.79 Å². The number of nitrogens with one attached hydrogen (secondary N) is 3. The average Bonchev–Trinajstić information content (AvgIpc) is 2.83. The summed E-state index contributed by atoms with van der Waals surface area (Å²) in [6.45, 7) is 4.55. The SMILES string of the molecule is CCC(=O)Nc1ccc(NCc2cn[nH]c2C)cc1. The van der Waals surface area contributed by atoms with E-state index in [-0.39, 0.29) is 5.91 Å². The molecule has 3 N–H and O–H groups in total. The lowest BCUT2D eigenvalue weighted by Gasteiger charge is -2.07. The molecule has 0 unspecified atom stereocenters. The summed E-state index contributed by atoms with van der Waals surface area (Å²) < 4.78 is 0. The number of hydrogen-bond acceptors (Lipinski definition) is 3. The monoisotopic (exact) mass is 258 g/mol. The largest absolute Gasteiger partial charge is 0.381 e. The zero-order valence-corrected chi connectivity index (χ0v) is 11.2. The minimum atomic E-state index is 0.0229. The maximum Gasteiger partial charge on any atom is 0.224 e. The summed E-state index contributed by atoms with van der Waals surface area (Å²) in [5.41, 5.74) is 4.04. The highest BCUT2D eigenvalue weighted by Gasteiger charge is 2.01. The van der Waals surface area contributed by atoms with Crippen molar-refractivity contribution >= 4 is 17.3 Å². The minimum absolute atomic E-state index is 0.0229. The molecule has 0 aliphatic rings. The molecule has 0 radical (unpaired) electrons. The van der Waals surface area contributed by atoms with E-state index in [2.05, 4.69) is 20.8 Å². The average molecular weight is 258 g/mol. The summed E-state index contributed by atoms with van der Waals surface area (Å²) in [5.74, 6) is 0.0229. The van der Waals surface area contributed by atoms with Crippen molar-refractivity contribution in [3.8, 4) is 0 Å². The number of rotatable bonds is 5. The Kier molecular flexibility index (Phi) is 4.18. The van der Waals surface area contributed by atoms with Crippen molar-refractivity contribution in [3.05, 3.63) is 41.7 Å². The number of aryl methyl sites for hydroxylation is 1. The molecule has 100 valence electrons. The molecule has 2 aromatic rings. The molecule has 5 nitrogen and oxygen atoms in total. The van der Waals surface area contributed by atoms with Crippen LogP contribution in [0.5, 0.6) is 0 Å². The van der Waals surface area contributed by atoms with Gasteiger partial charge in [0.25, 0.3) is 0 Å². The van der Waals surface area contributed by atoms with Crippen molar-refractivity contribution in [2.75, 3.05) is 10.6 Å². The Morgan fingerprint density at radius 3 is 2.53 bits per heavy atom. The van der Waals surface area contributed by atoms with Gasteiger partial charge in [-0.15, -0.1) is 0 Å². The molecule has 1 heterocycles. The third-order valence-electron chi connectivity index (χ3n) is 2.91. The summed E-state index contributed by atoms with van der Waals surface area (Å²) in [6.07, 6.45) is 2.30. The number of aromatic nitrogens is 2. The maximum atomic E-state index is 11.2. The van der Waals surface area contributed by atoms with Gasteiger partial charge in [0.05, 0.1) is 6.20 Å². The quantitative estimate of drug-likeness (QED) is 0.772. The van der Waals surface area contributed by atoms with E-state index in [0.29, 0.717) is 6.42 Å². The predicted octanol–water partition coefficient (Wildman–Crippen LogP) is 2.68. The number of carbonyl (C=O) groups is 1. The number of nitrogens with zero attached hydrogens (tertiary/aromatic N) is 1. The smallest absolute Gasteiger partial charge is 0.224 e. The Morgan fingerprint density at radius 1 is 1.26 bits per heavy atom. The fourth-order valence-electron chi connectivity index (χ4n) is 1.67. The van der Waals surface area contributed by atoms with Gasteiger partial charge in [0, 0.05) is 35.6 Å². The Bertz CT molecular complexity index is 545. The number of aromatic amines is 1. The van der Waals surface area contributed by atoms with E-state index < -0.39 is 0 Å². The Labute approximate surface area is 112 Å². The van der Waals surface area contributed by atoms with Crippen molar-refractivity contribution in [3.63, 3.8) is 0 Å². The second-order valence-electron chi connectivity index (χ2n) is 4.35. The van der Waals surface area contributed by atoms with E-state index in [1.54, 1.807) is 0 Å². The zero-order valence-electron chi connectivity index (χ0n) is 11.2. The summed E-state index contributed by atoms with van der Waals surface area (Å²) in [6, 6.07) is 7.66. The van der Waals surface area contributed by atoms with Gasteiger partial charge < -0.3 is 10.6 Å². The maximum absolute atomic E-state index is 11.2. The zero-order chi connectivity index (χ0) is 13.7. The van der Waals surface area contributed by atoms with Crippen molar-refractivity contribution < 1.29 is 4.79 Å². The first-order valence-electron chi connectivity index (χ1n) is 6.31. The number of anilines is 2.